The highest BCUT2D eigenvalue weighted by Crippen LogP contribution is 2.16. The molecule has 0 bridgehead atoms. The highest BCUT2D eigenvalue weighted by molar-refractivity contribution is 5.81. The first-order valence-electron chi connectivity index (χ1n) is 5.92. The molecule has 1 unspecified atom stereocenters. The van der Waals surface area contributed by atoms with Crippen LogP contribution in [-0.2, 0) is 9.53 Å². The highest BCUT2D eigenvalue weighted by Gasteiger charge is 2.34. The van der Waals surface area contributed by atoms with Crippen molar-refractivity contribution in [3.05, 3.63) is 12.7 Å². The summed E-state index contributed by atoms with van der Waals surface area (Å²) in [5, 5.41) is 27.1. The minimum absolute atomic E-state index is 0.201. The summed E-state index contributed by atoms with van der Waals surface area (Å²) in [6.45, 7) is 5.29. The van der Waals surface area contributed by atoms with Gasteiger partial charge in [-0.25, -0.2) is 4.79 Å². The van der Waals surface area contributed by atoms with Gasteiger partial charge in [0, 0.05) is 6.08 Å². The van der Waals surface area contributed by atoms with Gasteiger partial charge in [-0.1, -0.05) is 39.2 Å². The highest BCUT2D eigenvalue weighted by atomic mass is 16.7. The Morgan fingerprint density at radius 1 is 1.29 bits per heavy atom. The summed E-state index contributed by atoms with van der Waals surface area (Å²) in [7, 11) is 0. The first kappa shape index (κ1) is 16.1. The van der Waals surface area contributed by atoms with E-state index in [9.17, 15) is 4.79 Å². The second-order valence-corrected chi connectivity index (χ2v) is 4.02. The van der Waals surface area contributed by atoms with Gasteiger partial charge < -0.3 is 20.1 Å². The zero-order valence-corrected chi connectivity index (χ0v) is 10.3. The van der Waals surface area contributed by atoms with Crippen molar-refractivity contribution >= 4 is 5.97 Å². The van der Waals surface area contributed by atoms with Crippen LogP contribution in [0.15, 0.2) is 12.7 Å². The van der Waals surface area contributed by atoms with Gasteiger partial charge in [-0.15, -0.1) is 0 Å². The number of hydrogen-bond donors (Lipinski definition) is 3. The molecule has 0 aliphatic heterocycles. The van der Waals surface area contributed by atoms with Crippen LogP contribution < -0.4 is 0 Å². The van der Waals surface area contributed by atoms with Crippen LogP contribution in [0, 0.1) is 0 Å². The van der Waals surface area contributed by atoms with Gasteiger partial charge in [0.05, 0.1) is 0 Å². The molecule has 0 spiro atoms. The zero-order chi connectivity index (χ0) is 13.3. The fourth-order valence-electron chi connectivity index (χ4n) is 1.45. The second-order valence-electron chi connectivity index (χ2n) is 4.02. The van der Waals surface area contributed by atoms with Crippen molar-refractivity contribution in [1.82, 2.24) is 0 Å². The number of ether oxygens (including phenoxy) is 1. The van der Waals surface area contributed by atoms with Crippen molar-refractivity contribution in [2.45, 2.75) is 57.5 Å². The minimum Gasteiger partial charge on any atom is -0.451 e. The lowest BCUT2D eigenvalue weighted by atomic mass is 10.1. The molecular formula is C12H22O5. The van der Waals surface area contributed by atoms with Gasteiger partial charge in [-0.05, 0) is 12.8 Å². The molecule has 0 amide bonds. The molecule has 3 N–H and O–H groups in total. The fourth-order valence-corrected chi connectivity index (χ4v) is 1.45. The van der Waals surface area contributed by atoms with Crippen LogP contribution in [0.25, 0.3) is 0 Å². The van der Waals surface area contributed by atoms with Crippen LogP contribution in [0.3, 0.4) is 0 Å². The first-order valence-corrected chi connectivity index (χ1v) is 5.92. The molecule has 5 heteroatoms. The van der Waals surface area contributed by atoms with E-state index in [1.54, 1.807) is 0 Å². The molecule has 0 rings (SSSR count). The van der Waals surface area contributed by atoms with Crippen molar-refractivity contribution in [1.29, 1.82) is 0 Å². The lowest BCUT2D eigenvalue weighted by Crippen LogP contribution is -2.44. The molecule has 0 saturated carbocycles. The van der Waals surface area contributed by atoms with E-state index in [-0.39, 0.29) is 6.42 Å². The van der Waals surface area contributed by atoms with E-state index < -0.39 is 18.0 Å². The Labute approximate surface area is 102 Å². The summed E-state index contributed by atoms with van der Waals surface area (Å²) < 4.78 is 4.66. The lowest BCUT2D eigenvalue weighted by molar-refractivity contribution is -0.356. The maximum atomic E-state index is 10.9. The summed E-state index contributed by atoms with van der Waals surface area (Å²) in [6, 6.07) is 0. The van der Waals surface area contributed by atoms with Crippen molar-refractivity contribution in [2.75, 3.05) is 0 Å². The number of carbonyl (C=O) groups excluding carboxylic acids is 1. The van der Waals surface area contributed by atoms with Crippen LogP contribution in [0.2, 0.25) is 0 Å². The second kappa shape index (κ2) is 8.22. The maximum absolute atomic E-state index is 10.9. The Morgan fingerprint density at radius 3 is 2.35 bits per heavy atom. The molecule has 5 nitrogen and oxygen atoms in total. The topological polar surface area (TPSA) is 87.0 Å². The molecule has 17 heavy (non-hydrogen) atoms. The predicted molar refractivity (Wildman–Crippen MR) is 62.8 cm³/mol. The third-order valence-electron chi connectivity index (χ3n) is 2.43. The van der Waals surface area contributed by atoms with Crippen molar-refractivity contribution in [3.8, 4) is 0 Å². The first-order chi connectivity index (χ1) is 7.91. The standard InChI is InChI=1S/C12H22O5/c1-3-5-6-7-8-9-10(12(14,15)16)17-11(13)4-2/h4,10,14-16H,2-3,5-9H2,1H3. The predicted octanol–water partition coefficient (Wildman–Crippen LogP) is 1.08. The van der Waals surface area contributed by atoms with Crippen LogP contribution in [0.5, 0.6) is 0 Å². The van der Waals surface area contributed by atoms with E-state index in [0.717, 1.165) is 31.8 Å². The van der Waals surface area contributed by atoms with Crippen molar-refractivity contribution in [2.24, 2.45) is 0 Å². The molecule has 0 aliphatic rings. The number of hydrogen-bond acceptors (Lipinski definition) is 5. The van der Waals surface area contributed by atoms with E-state index in [0.29, 0.717) is 6.42 Å². The molecule has 100 valence electrons. The lowest BCUT2D eigenvalue weighted by Gasteiger charge is -2.25. The molecule has 1 atom stereocenters. The Bertz CT molecular complexity index is 232. The van der Waals surface area contributed by atoms with Gasteiger partial charge in [-0.3, -0.25) is 0 Å². The summed E-state index contributed by atoms with van der Waals surface area (Å²) in [5.74, 6) is -3.78. The molecule has 0 saturated heterocycles. The Hall–Kier alpha value is -0.910. The molecule has 0 heterocycles. The quantitative estimate of drug-likeness (QED) is 0.245. The van der Waals surface area contributed by atoms with Gasteiger partial charge in [-0.2, -0.15) is 0 Å². The number of carbonyl (C=O) groups is 1. The number of rotatable bonds is 9. The van der Waals surface area contributed by atoms with E-state index in [2.05, 4.69) is 18.2 Å². The average Bonchev–Trinajstić information content (AvgIpc) is 2.25. The molecule has 0 aliphatic carbocycles. The largest absolute Gasteiger partial charge is 0.451 e. The SMILES string of the molecule is C=CC(=O)OC(CCCCCCC)C(O)(O)O. The van der Waals surface area contributed by atoms with Gasteiger partial charge in [0.15, 0.2) is 6.10 Å². The van der Waals surface area contributed by atoms with Crippen molar-refractivity contribution < 1.29 is 24.9 Å². The number of unbranched alkanes of at least 4 members (excludes halogenated alkanes) is 4. The summed E-state index contributed by atoms with van der Waals surface area (Å²) in [5.41, 5.74) is 0. The number of esters is 1. The third-order valence-corrected chi connectivity index (χ3v) is 2.43. The van der Waals surface area contributed by atoms with Crippen molar-refractivity contribution in [3.63, 3.8) is 0 Å². The summed E-state index contributed by atoms with van der Waals surface area (Å²) in [4.78, 5) is 10.9. The van der Waals surface area contributed by atoms with E-state index in [4.69, 9.17) is 15.3 Å². The Balaban J connectivity index is 4.03. The monoisotopic (exact) mass is 246 g/mol. The summed E-state index contributed by atoms with van der Waals surface area (Å²) >= 11 is 0. The number of aliphatic hydroxyl groups is 3. The molecule has 0 aromatic heterocycles. The van der Waals surface area contributed by atoms with Gasteiger partial charge in [0.1, 0.15) is 0 Å². The van der Waals surface area contributed by atoms with Crippen LogP contribution in [0.4, 0.5) is 0 Å². The Kier molecular flexibility index (Phi) is 7.78. The zero-order valence-electron chi connectivity index (χ0n) is 10.3. The molecule has 0 radical (unpaired) electrons. The van der Waals surface area contributed by atoms with E-state index in [1.165, 1.54) is 0 Å². The third kappa shape index (κ3) is 7.90. The van der Waals surface area contributed by atoms with E-state index in [1.807, 2.05) is 0 Å². The fraction of sp³-hybridized carbons (Fsp3) is 0.750. The van der Waals surface area contributed by atoms with Crippen LogP contribution in [-0.4, -0.2) is 33.4 Å². The average molecular weight is 246 g/mol. The van der Waals surface area contributed by atoms with Crippen LogP contribution >= 0.6 is 0 Å². The maximum Gasteiger partial charge on any atom is 0.330 e. The molecule has 0 aromatic rings. The van der Waals surface area contributed by atoms with E-state index >= 15 is 0 Å². The Morgan fingerprint density at radius 2 is 1.88 bits per heavy atom. The molecule has 0 fully saturated rings. The van der Waals surface area contributed by atoms with Gasteiger partial charge >= 0.3 is 11.9 Å². The molecule has 0 aromatic carbocycles. The normalized spacial score (nSPS) is 13.2. The van der Waals surface area contributed by atoms with Gasteiger partial charge in [0.25, 0.3) is 0 Å². The van der Waals surface area contributed by atoms with Gasteiger partial charge in [0.2, 0.25) is 0 Å². The van der Waals surface area contributed by atoms with Crippen LogP contribution in [0.1, 0.15) is 45.4 Å². The minimum atomic E-state index is -3.00. The molecular weight excluding hydrogens is 224 g/mol. The smallest absolute Gasteiger partial charge is 0.330 e. The summed E-state index contributed by atoms with van der Waals surface area (Å²) in [6.07, 6.45) is 4.58.